The number of halogens is 1. The van der Waals surface area contributed by atoms with Crippen LogP contribution in [0.4, 0.5) is 0 Å². The Morgan fingerprint density at radius 3 is 2.67 bits per heavy atom. The molecule has 0 radical (unpaired) electrons. The van der Waals surface area contributed by atoms with Crippen LogP contribution in [0.5, 0.6) is 0 Å². The van der Waals surface area contributed by atoms with Crippen molar-refractivity contribution in [2.45, 2.75) is 24.0 Å². The van der Waals surface area contributed by atoms with Crippen LogP contribution in [0.3, 0.4) is 0 Å². The minimum atomic E-state index is 0.335. The zero-order valence-electron chi connectivity index (χ0n) is 10.4. The molecule has 18 heavy (non-hydrogen) atoms. The molecule has 1 aromatic heterocycles. The lowest BCUT2D eigenvalue weighted by Gasteiger charge is -2.14. The molecule has 2 N–H and O–H groups in total. The number of thiophene rings is 1. The molecule has 0 aliphatic heterocycles. The fourth-order valence-corrected chi connectivity index (χ4v) is 4.52. The molecule has 0 aliphatic rings. The molecule has 0 amide bonds. The van der Waals surface area contributed by atoms with Gasteiger partial charge < -0.3 is 5.73 Å². The Labute approximate surface area is 125 Å². The molecule has 0 aliphatic carbocycles. The summed E-state index contributed by atoms with van der Waals surface area (Å²) in [4.78, 5) is 2.66. The largest absolute Gasteiger partial charge is 0.329 e. The molecule has 0 fully saturated rings. The number of rotatable bonds is 4. The average Bonchev–Trinajstić information content (AvgIpc) is 2.77. The summed E-state index contributed by atoms with van der Waals surface area (Å²) in [6.07, 6.45) is 0. The predicted octanol–water partition coefficient (Wildman–Crippen LogP) is 4.92. The number of hydrogen-bond donors (Lipinski definition) is 1. The van der Waals surface area contributed by atoms with Crippen molar-refractivity contribution in [2.24, 2.45) is 5.73 Å². The van der Waals surface area contributed by atoms with Gasteiger partial charge in [-0.2, -0.15) is 0 Å². The summed E-state index contributed by atoms with van der Waals surface area (Å²) in [5, 5.41) is 0.335. The summed E-state index contributed by atoms with van der Waals surface area (Å²) < 4.78 is 1.16. The van der Waals surface area contributed by atoms with Crippen molar-refractivity contribution in [3.8, 4) is 0 Å². The minimum absolute atomic E-state index is 0.335. The van der Waals surface area contributed by atoms with Crippen molar-refractivity contribution in [3.05, 3.63) is 50.1 Å². The van der Waals surface area contributed by atoms with Gasteiger partial charge in [0.15, 0.2) is 0 Å². The summed E-state index contributed by atoms with van der Waals surface area (Å²) in [6, 6.07) is 10.8. The van der Waals surface area contributed by atoms with E-state index in [1.165, 1.54) is 20.9 Å². The Morgan fingerprint density at radius 2 is 2.06 bits per heavy atom. The fourth-order valence-electron chi connectivity index (χ4n) is 1.71. The molecule has 2 aromatic rings. The number of hydrogen-bond acceptors (Lipinski definition) is 3. The first-order valence-corrected chi connectivity index (χ1v) is 8.28. The maximum atomic E-state index is 5.92. The van der Waals surface area contributed by atoms with Gasteiger partial charge in [0.05, 0.1) is 9.04 Å². The minimum Gasteiger partial charge on any atom is -0.329 e. The molecule has 0 bridgehead atoms. The standard InChI is InChI=1S/C14H16BrNS2/c1-9-3-4-10(2)12(7-9)17-13(8-16)11-5-6-14(15)18-11/h3-7,13H,8,16H2,1-2H3. The number of thioether (sulfide) groups is 1. The maximum absolute atomic E-state index is 5.92. The summed E-state index contributed by atoms with van der Waals surface area (Å²) in [5.74, 6) is 0. The Balaban J connectivity index is 2.22. The Bertz CT molecular complexity index is 536. The lowest BCUT2D eigenvalue weighted by Crippen LogP contribution is -2.08. The zero-order chi connectivity index (χ0) is 13.1. The zero-order valence-corrected chi connectivity index (χ0v) is 13.7. The molecular weight excluding hydrogens is 326 g/mol. The highest BCUT2D eigenvalue weighted by molar-refractivity contribution is 9.11. The van der Waals surface area contributed by atoms with E-state index in [1.54, 1.807) is 11.3 Å². The molecule has 0 spiro atoms. The van der Waals surface area contributed by atoms with Gasteiger partial charge in [0.1, 0.15) is 0 Å². The van der Waals surface area contributed by atoms with Crippen LogP contribution in [0.1, 0.15) is 21.3 Å². The van der Waals surface area contributed by atoms with Crippen molar-refractivity contribution in [2.75, 3.05) is 6.54 Å². The SMILES string of the molecule is Cc1ccc(C)c(SC(CN)c2ccc(Br)s2)c1. The number of aryl methyl sites for hydroxylation is 2. The van der Waals surface area contributed by atoms with Crippen LogP contribution in [0.2, 0.25) is 0 Å². The molecule has 1 atom stereocenters. The van der Waals surface area contributed by atoms with E-state index in [9.17, 15) is 0 Å². The normalized spacial score (nSPS) is 12.7. The second kappa shape index (κ2) is 6.24. The summed E-state index contributed by atoms with van der Waals surface area (Å²) in [5.41, 5.74) is 8.54. The van der Waals surface area contributed by atoms with Crippen LogP contribution in [0, 0.1) is 13.8 Å². The van der Waals surface area contributed by atoms with Crippen LogP contribution in [0.25, 0.3) is 0 Å². The Hall–Kier alpha value is -0.290. The quantitative estimate of drug-likeness (QED) is 0.798. The van der Waals surface area contributed by atoms with Gasteiger partial charge in [-0.05, 0) is 53.5 Å². The third-order valence-electron chi connectivity index (χ3n) is 2.74. The Morgan fingerprint density at radius 1 is 1.28 bits per heavy atom. The molecular formula is C14H16BrNS2. The molecule has 0 saturated heterocycles. The van der Waals surface area contributed by atoms with E-state index in [-0.39, 0.29) is 0 Å². The van der Waals surface area contributed by atoms with E-state index >= 15 is 0 Å². The van der Waals surface area contributed by atoms with Gasteiger partial charge in [0.25, 0.3) is 0 Å². The molecule has 1 aromatic carbocycles. The first-order chi connectivity index (χ1) is 8.60. The highest BCUT2D eigenvalue weighted by Crippen LogP contribution is 2.40. The average molecular weight is 342 g/mol. The van der Waals surface area contributed by atoms with E-state index < -0.39 is 0 Å². The van der Waals surface area contributed by atoms with Gasteiger partial charge in [0.2, 0.25) is 0 Å². The van der Waals surface area contributed by atoms with Crippen molar-refractivity contribution in [3.63, 3.8) is 0 Å². The van der Waals surface area contributed by atoms with Gasteiger partial charge >= 0.3 is 0 Å². The summed E-state index contributed by atoms with van der Waals surface area (Å²) in [7, 11) is 0. The smallest absolute Gasteiger partial charge is 0.0701 e. The second-order valence-corrected chi connectivity index (χ2v) is 7.99. The van der Waals surface area contributed by atoms with E-state index in [2.05, 4.69) is 60.1 Å². The van der Waals surface area contributed by atoms with E-state index in [0.29, 0.717) is 11.8 Å². The van der Waals surface area contributed by atoms with Crippen molar-refractivity contribution >= 4 is 39.0 Å². The maximum Gasteiger partial charge on any atom is 0.0701 e. The second-order valence-electron chi connectivity index (χ2n) is 4.25. The van der Waals surface area contributed by atoms with Crippen molar-refractivity contribution < 1.29 is 0 Å². The third kappa shape index (κ3) is 3.38. The highest BCUT2D eigenvalue weighted by Gasteiger charge is 2.14. The molecule has 4 heteroatoms. The van der Waals surface area contributed by atoms with E-state index in [0.717, 1.165) is 3.79 Å². The van der Waals surface area contributed by atoms with Crippen molar-refractivity contribution in [1.82, 2.24) is 0 Å². The summed E-state index contributed by atoms with van der Waals surface area (Å²) >= 11 is 7.14. The van der Waals surface area contributed by atoms with Crippen LogP contribution in [-0.4, -0.2) is 6.54 Å². The van der Waals surface area contributed by atoms with Crippen LogP contribution >= 0.6 is 39.0 Å². The van der Waals surface area contributed by atoms with Gasteiger partial charge in [0, 0.05) is 16.3 Å². The van der Waals surface area contributed by atoms with E-state index in [1.807, 2.05) is 11.8 Å². The molecule has 96 valence electrons. The van der Waals surface area contributed by atoms with Gasteiger partial charge in [-0.15, -0.1) is 23.1 Å². The van der Waals surface area contributed by atoms with E-state index in [4.69, 9.17) is 5.73 Å². The first-order valence-electron chi connectivity index (χ1n) is 5.79. The van der Waals surface area contributed by atoms with Gasteiger partial charge in [-0.25, -0.2) is 0 Å². The Kier molecular flexibility index (Phi) is 4.90. The van der Waals surface area contributed by atoms with Crippen molar-refractivity contribution in [1.29, 1.82) is 0 Å². The molecule has 1 heterocycles. The number of nitrogens with two attached hydrogens (primary N) is 1. The lowest BCUT2D eigenvalue weighted by molar-refractivity contribution is 0.959. The highest BCUT2D eigenvalue weighted by atomic mass is 79.9. The molecule has 1 unspecified atom stereocenters. The monoisotopic (exact) mass is 341 g/mol. The predicted molar refractivity (Wildman–Crippen MR) is 85.6 cm³/mol. The lowest BCUT2D eigenvalue weighted by atomic mass is 10.2. The molecule has 1 nitrogen and oxygen atoms in total. The summed E-state index contributed by atoms with van der Waals surface area (Å²) in [6.45, 7) is 4.94. The topological polar surface area (TPSA) is 26.0 Å². The third-order valence-corrected chi connectivity index (χ3v) is 6.05. The first kappa shape index (κ1) is 14.1. The van der Waals surface area contributed by atoms with Crippen LogP contribution in [0.15, 0.2) is 39.0 Å². The molecule has 2 rings (SSSR count). The van der Waals surface area contributed by atoms with Crippen LogP contribution < -0.4 is 5.73 Å². The fraction of sp³-hybridized carbons (Fsp3) is 0.286. The van der Waals surface area contributed by atoms with Gasteiger partial charge in [-0.3, -0.25) is 0 Å². The number of benzene rings is 1. The van der Waals surface area contributed by atoms with Crippen LogP contribution in [-0.2, 0) is 0 Å². The van der Waals surface area contributed by atoms with Gasteiger partial charge in [-0.1, -0.05) is 17.7 Å². The molecule has 0 saturated carbocycles.